The molecule has 5 rings (SSSR count). The molecule has 0 bridgehead atoms. The summed E-state index contributed by atoms with van der Waals surface area (Å²) in [6.45, 7) is 11.3. The summed E-state index contributed by atoms with van der Waals surface area (Å²) in [4.78, 5) is 19.1. The SMILES string of the molecule is CCOc1ccc(-c2cc(N3CCN(CC)CC3)n(-c3ccccc3)c(=O)c2N=Nc2ccccc2C)cc1. The Morgan fingerprint density at radius 3 is 2.18 bits per heavy atom. The largest absolute Gasteiger partial charge is 0.494 e. The standard InChI is InChI=1S/C32H35N5O2/c1-4-35-19-21-36(22-20-35)30-23-28(25-15-17-27(18-16-25)39-5-2)31(34-33-29-14-10-9-11-24(29)3)32(38)37(30)26-12-7-6-8-13-26/h6-18,23H,4-5,19-22H2,1-3H3. The molecule has 0 radical (unpaired) electrons. The lowest BCUT2D eigenvalue weighted by molar-refractivity contribution is 0.270. The number of ether oxygens (including phenoxy) is 1. The van der Waals surface area contributed by atoms with Crippen molar-refractivity contribution in [1.82, 2.24) is 9.47 Å². The zero-order valence-corrected chi connectivity index (χ0v) is 22.9. The summed E-state index contributed by atoms with van der Waals surface area (Å²) in [6, 6.07) is 27.5. The van der Waals surface area contributed by atoms with Gasteiger partial charge in [0.15, 0.2) is 5.69 Å². The lowest BCUT2D eigenvalue weighted by Crippen LogP contribution is -2.47. The van der Waals surface area contributed by atoms with E-state index in [4.69, 9.17) is 4.74 Å². The van der Waals surface area contributed by atoms with Crippen LogP contribution in [0, 0.1) is 6.92 Å². The van der Waals surface area contributed by atoms with Gasteiger partial charge in [0, 0.05) is 31.7 Å². The zero-order chi connectivity index (χ0) is 27.2. The molecule has 1 aliphatic rings. The average molecular weight is 522 g/mol. The third kappa shape index (κ3) is 5.78. The topological polar surface area (TPSA) is 62.4 Å². The highest BCUT2D eigenvalue weighted by Crippen LogP contribution is 2.35. The van der Waals surface area contributed by atoms with Crippen LogP contribution in [0.25, 0.3) is 16.8 Å². The van der Waals surface area contributed by atoms with Crippen LogP contribution in [0.4, 0.5) is 17.2 Å². The van der Waals surface area contributed by atoms with Gasteiger partial charge >= 0.3 is 0 Å². The number of aromatic nitrogens is 1. The Morgan fingerprint density at radius 1 is 0.821 bits per heavy atom. The molecule has 1 saturated heterocycles. The van der Waals surface area contributed by atoms with Crippen molar-refractivity contribution in [3.8, 4) is 22.6 Å². The lowest BCUT2D eigenvalue weighted by Gasteiger charge is -2.36. The fraction of sp³-hybridized carbons (Fsp3) is 0.281. The number of azo groups is 1. The minimum absolute atomic E-state index is 0.196. The van der Waals surface area contributed by atoms with E-state index >= 15 is 0 Å². The summed E-state index contributed by atoms with van der Waals surface area (Å²) >= 11 is 0. The van der Waals surface area contributed by atoms with Gasteiger partial charge < -0.3 is 14.5 Å². The number of para-hydroxylation sites is 1. The van der Waals surface area contributed by atoms with Gasteiger partial charge in [0.1, 0.15) is 11.6 Å². The van der Waals surface area contributed by atoms with Crippen LogP contribution in [0.5, 0.6) is 5.75 Å². The smallest absolute Gasteiger partial charge is 0.285 e. The molecule has 0 unspecified atom stereocenters. The molecule has 0 amide bonds. The van der Waals surface area contributed by atoms with E-state index in [1.165, 1.54) is 0 Å². The Balaban J connectivity index is 1.71. The van der Waals surface area contributed by atoms with Gasteiger partial charge in [-0.2, -0.15) is 5.11 Å². The highest BCUT2D eigenvalue weighted by Gasteiger charge is 2.24. The summed E-state index contributed by atoms with van der Waals surface area (Å²) in [5.74, 6) is 1.65. The number of anilines is 1. The fourth-order valence-corrected chi connectivity index (χ4v) is 4.93. The van der Waals surface area contributed by atoms with E-state index in [1.54, 1.807) is 4.57 Å². The molecule has 1 aliphatic heterocycles. The molecule has 1 aromatic heterocycles. The Morgan fingerprint density at radius 2 is 1.51 bits per heavy atom. The molecule has 0 saturated carbocycles. The molecule has 0 aliphatic carbocycles. The number of nitrogens with zero attached hydrogens (tertiary/aromatic N) is 5. The number of rotatable bonds is 8. The maximum Gasteiger partial charge on any atom is 0.285 e. The van der Waals surface area contributed by atoms with Gasteiger partial charge in [0.05, 0.1) is 18.0 Å². The number of hydrogen-bond acceptors (Lipinski definition) is 6. The van der Waals surface area contributed by atoms with Crippen LogP contribution >= 0.6 is 0 Å². The highest BCUT2D eigenvalue weighted by molar-refractivity contribution is 5.79. The lowest BCUT2D eigenvalue weighted by atomic mass is 10.0. The van der Waals surface area contributed by atoms with Gasteiger partial charge in [0.25, 0.3) is 5.56 Å². The molecule has 0 atom stereocenters. The van der Waals surface area contributed by atoms with Crippen molar-refractivity contribution in [2.75, 3.05) is 44.2 Å². The van der Waals surface area contributed by atoms with Crippen molar-refractivity contribution in [2.45, 2.75) is 20.8 Å². The number of pyridine rings is 1. The van der Waals surface area contributed by atoms with E-state index in [1.807, 2.05) is 92.7 Å². The molecular weight excluding hydrogens is 486 g/mol. The molecule has 7 nitrogen and oxygen atoms in total. The van der Waals surface area contributed by atoms with Crippen LogP contribution in [-0.2, 0) is 0 Å². The van der Waals surface area contributed by atoms with E-state index in [9.17, 15) is 4.79 Å². The number of hydrogen-bond donors (Lipinski definition) is 0. The zero-order valence-electron chi connectivity index (χ0n) is 22.9. The molecular formula is C32H35N5O2. The first-order valence-electron chi connectivity index (χ1n) is 13.6. The van der Waals surface area contributed by atoms with Gasteiger partial charge in [-0.1, -0.05) is 55.5 Å². The van der Waals surface area contributed by atoms with E-state index in [-0.39, 0.29) is 5.56 Å². The number of likely N-dealkylation sites (N-methyl/N-ethyl adjacent to an activating group) is 1. The van der Waals surface area contributed by atoms with Crippen molar-refractivity contribution in [2.24, 2.45) is 10.2 Å². The van der Waals surface area contributed by atoms with Crippen molar-refractivity contribution in [3.05, 3.63) is 101 Å². The second-order valence-corrected chi connectivity index (χ2v) is 9.61. The normalized spacial score (nSPS) is 14.2. The summed E-state index contributed by atoms with van der Waals surface area (Å²) in [7, 11) is 0. The third-order valence-electron chi connectivity index (χ3n) is 7.17. The Hall–Kier alpha value is -4.23. The Kier molecular flexibility index (Phi) is 8.18. The minimum Gasteiger partial charge on any atom is -0.494 e. The average Bonchev–Trinajstić information content (AvgIpc) is 2.98. The van der Waals surface area contributed by atoms with Gasteiger partial charge in [-0.15, -0.1) is 5.11 Å². The molecule has 39 heavy (non-hydrogen) atoms. The first-order chi connectivity index (χ1) is 19.1. The van der Waals surface area contributed by atoms with Crippen LogP contribution in [-0.4, -0.2) is 48.8 Å². The molecule has 3 aromatic carbocycles. The summed E-state index contributed by atoms with van der Waals surface area (Å²) < 4.78 is 7.45. The minimum atomic E-state index is -0.196. The molecule has 0 spiro atoms. The summed E-state index contributed by atoms with van der Waals surface area (Å²) in [6.07, 6.45) is 0. The molecule has 0 N–H and O–H groups in total. The quantitative estimate of drug-likeness (QED) is 0.240. The van der Waals surface area contributed by atoms with Crippen molar-refractivity contribution in [1.29, 1.82) is 0 Å². The number of aryl methyl sites for hydroxylation is 1. The molecule has 4 aromatic rings. The van der Waals surface area contributed by atoms with Crippen LogP contribution in [0.3, 0.4) is 0 Å². The first kappa shape index (κ1) is 26.4. The second kappa shape index (κ2) is 12.1. The van der Waals surface area contributed by atoms with Gasteiger partial charge in [0.2, 0.25) is 0 Å². The van der Waals surface area contributed by atoms with Gasteiger partial charge in [-0.3, -0.25) is 9.36 Å². The van der Waals surface area contributed by atoms with Gasteiger partial charge in [-0.05, 0) is 67.9 Å². The fourth-order valence-electron chi connectivity index (χ4n) is 4.93. The van der Waals surface area contributed by atoms with Gasteiger partial charge in [-0.25, -0.2) is 0 Å². The predicted octanol–water partition coefficient (Wildman–Crippen LogP) is 6.77. The highest BCUT2D eigenvalue weighted by atomic mass is 16.5. The van der Waals surface area contributed by atoms with Crippen LogP contribution < -0.4 is 15.2 Å². The maximum atomic E-state index is 14.4. The third-order valence-corrected chi connectivity index (χ3v) is 7.17. The first-order valence-corrected chi connectivity index (χ1v) is 13.6. The number of piperazine rings is 1. The number of benzene rings is 3. The monoisotopic (exact) mass is 521 g/mol. The summed E-state index contributed by atoms with van der Waals surface area (Å²) in [5.41, 5.74) is 4.29. The summed E-state index contributed by atoms with van der Waals surface area (Å²) in [5, 5.41) is 9.14. The Labute approximate surface area is 230 Å². The van der Waals surface area contributed by atoms with E-state index in [0.29, 0.717) is 12.3 Å². The maximum absolute atomic E-state index is 14.4. The molecule has 2 heterocycles. The van der Waals surface area contributed by atoms with E-state index in [2.05, 4.69) is 33.0 Å². The molecule has 200 valence electrons. The molecule has 7 heteroatoms. The second-order valence-electron chi connectivity index (χ2n) is 9.61. The van der Waals surface area contributed by atoms with Crippen molar-refractivity contribution < 1.29 is 4.74 Å². The Bertz CT molecular complexity index is 1490. The van der Waals surface area contributed by atoms with Crippen LogP contribution in [0.15, 0.2) is 100.0 Å². The van der Waals surface area contributed by atoms with E-state index in [0.717, 1.165) is 72.4 Å². The molecule has 1 fully saturated rings. The van der Waals surface area contributed by atoms with Crippen LogP contribution in [0.2, 0.25) is 0 Å². The van der Waals surface area contributed by atoms with Crippen molar-refractivity contribution >= 4 is 17.2 Å². The van der Waals surface area contributed by atoms with Crippen molar-refractivity contribution in [3.63, 3.8) is 0 Å². The van der Waals surface area contributed by atoms with E-state index < -0.39 is 0 Å². The predicted molar refractivity (Wildman–Crippen MR) is 158 cm³/mol. The van der Waals surface area contributed by atoms with Crippen LogP contribution in [0.1, 0.15) is 19.4 Å².